The molecule has 5 nitrogen and oxygen atoms in total. The summed E-state index contributed by atoms with van der Waals surface area (Å²) in [6.07, 6.45) is 3.03. The third-order valence-electron chi connectivity index (χ3n) is 2.08. The molecular formula is C12H12O5. The number of rotatable bonds is 4. The Morgan fingerprint density at radius 3 is 2.59 bits per heavy atom. The smallest absolute Gasteiger partial charge is 0.351 e. The van der Waals surface area contributed by atoms with Crippen LogP contribution in [0.5, 0.6) is 5.75 Å². The van der Waals surface area contributed by atoms with Crippen molar-refractivity contribution >= 4 is 17.6 Å². The van der Waals surface area contributed by atoms with Gasteiger partial charge in [-0.15, -0.1) is 0 Å². The molecule has 0 saturated carbocycles. The monoisotopic (exact) mass is 236 g/mol. The molecule has 1 N–H and O–H groups in total. The van der Waals surface area contributed by atoms with Gasteiger partial charge in [-0.1, -0.05) is 13.0 Å². The Bertz CT molecular complexity index is 536. The van der Waals surface area contributed by atoms with Crippen LogP contribution in [-0.4, -0.2) is 16.7 Å². The van der Waals surface area contributed by atoms with Crippen molar-refractivity contribution in [2.75, 3.05) is 0 Å². The van der Waals surface area contributed by atoms with Crippen LogP contribution in [0.4, 0.5) is 0 Å². The summed E-state index contributed by atoms with van der Waals surface area (Å²) in [5.74, 6) is -2.19. The Labute approximate surface area is 97.4 Å². The summed E-state index contributed by atoms with van der Waals surface area (Å²) in [6, 6.07) is 1.12. The van der Waals surface area contributed by atoms with Crippen molar-refractivity contribution in [3.63, 3.8) is 0 Å². The van der Waals surface area contributed by atoms with Crippen LogP contribution in [0.1, 0.15) is 36.4 Å². The first kappa shape index (κ1) is 12.9. The Morgan fingerprint density at radius 2 is 2.12 bits per heavy atom. The number of carbonyl (C=O) groups is 2. The molecule has 0 radical (unpaired) electrons. The lowest BCUT2D eigenvalue weighted by atomic mass is 10.1. The lowest BCUT2D eigenvalue weighted by Crippen LogP contribution is -2.21. The van der Waals surface area contributed by atoms with Gasteiger partial charge in [-0.05, 0) is 13.0 Å². The van der Waals surface area contributed by atoms with Gasteiger partial charge in [0.2, 0.25) is 11.6 Å². The van der Waals surface area contributed by atoms with Crippen molar-refractivity contribution in [3.05, 3.63) is 33.9 Å². The SMILES string of the molecule is CC=Cc1cc(O)c(C(=O)C(=O)CC)c(=O)o1. The van der Waals surface area contributed by atoms with Gasteiger partial charge >= 0.3 is 5.63 Å². The van der Waals surface area contributed by atoms with Gasteiger partial charge in [0.1, 0.15) is 11.5 Å². The summed E-state index contributed by atoms with van der Waals surface area (Å²) in [5.41, 5.74) is -1.62. The highest BCUT2D eigenvalue weighted by molar-refractivity contribution is 6.44. The second kappa shape index (κ2) is 5.25. The second-order valence-corrected chi connectivity index (χ2v) is 3.30. The molecule has 5 heteroatoms. The molecule has 1 aromatic rings. The molecule has 0 aliphatic rings. The first-order chi connectivity index (χ1) is 8.01. The molecule has 0 aromatic carbocycles. The third kappa shape index (κ3) is 2.69. The van der Waals surface area contributed by atoms with Gasteiger partial charge in [0, 0.05) is 12.5 Å². The summed E-state index contributed by atoms with van der Waals surface area (Å²) >= 11 is 0. The summed E-state index contributed by atoms with van der Waals surface area (Å²) in [4.78, 5) is 34.1. The maximum Gasteiger partial charge on any atom is 0.351 e. The van der Waals surface area contributed by atoms with E-state index in [1.54, 1.807) is 13.0 Å². The highest BCUT2D eigenvalue weighted by atomic mass is 16.4. The average molecular weight is 236 g/mol. The van der Waals surface area contributed by atoms with Crippen molar-refractivity contribution < 1.29 is 19.1 Å². The van der Waals surface area contributed by atoms with E-state index in [9.17, 15) is 19.5 Å². The van der Waals surface area contributed by atoms with E-state index in [1.165, 1.54) is 13.0 Å². The zero-order chi connectivity index (χ0) is 13.0. The molecule has 0 fully saturated rings. The highest BCUT2D eigenvalue weighted by Gasteiger charge is 2.23. The minimum Gasteiger partial charge on any atom is -0.507 e. The van der Waals surface area contributed by atoms with Crippen molar-refractivity contribution in [2.45, 2.75) is 20.3 Å². The van der Waals surface area contributed by atoms with E-state index in [0.29, 0.717) is 0 Å². The summed E-state index contributed by atoms with van der Waals surface area (Å²) in [6.45, 7) is 3.20. The first-order valence-corrected chi connectivity index (χ1v) is 5.08. The number of hydrogen-bond donors (Lipinski definition) is 1. The number of carbonyl (C=O) groups excluding carboxylic acids is 2. The van der Waals surface area contributed by atoms with Crippen molar-refractivity contribution in [2.24, 2.45) is 0 Å². The van der Waals surface area contributed by atoms with Crippen LogP contribution in [0, 0.1) is 0 Å². The molecule has 0 amide bonds. The zero-order valence-corrected chi connectivity index (χ0v) is 9.52. The van der Waals surface area contributed by atoms with Crippen LogP contribution in [0.2, 0.25) is 0 Å². The number of ketones is 2. The molecule has 0 aliphatic carbocycles. The predicted molar refractivity (Wildman–Crippen MR) is 61.0 cm³/mol. The Morgan fingerprint density at radius 1 is 1.47 bits per heavy atom. The van der Waals surface area contributed by atoms with Crippen LogP contribution in [-0.2, 0) is 4.79 Å². The van der Waals surface area contributed by atoms with Gasteiger partial charge in [-0.25, -0.2) is 4.79 Å². The van der Waals surface area contributed by atoms with E-state index in [1.807, 2.05) is 0 Å². The zero-order valence-electron chi connectivity index (χ0n) is 9.52. The van der Waals surface area contributed by atoms with Crippen LogP contribution < -0.4 is 5.63 Å². The van der Waals surface area contributed by atoms with E-state index in [2.05, 4.69) is 0 Å². The van der Waals surface area contributed by atoms with E-state index in [-0.39, 0.29) is 12.2 Å². The summed E-state index contributed by atoms with van der Waals surface area (Å²) in [7, 11) is 0. The Hall–Kier alpha value is -2.17. The van der Waals surface area contributed by atoms with Gasteiger partial charge in [0.25, 0.3) is 0 Å². The molecule has 90 valence electrons. The fourth-order valence-corrected chi connectivity index (χ4v) is 1.25. The van der Waals surface area contributed by atoms with E-state index in [0.717, 1.165) is 6.07 Å². The van der Waals surface area contributed by atoms with Crippen LogP contribution in [0.25, 0.3) is 6.08 Å². The van der Waals surface area contributed by atoms with Crippen LogP contribution in [0.15, 0.2) is 21.4 Å². The minimum atomic E-state index is -1.02. The molecule has 0 unspecified atom stereocenters. The number of allylic oxidation sites excluding steroid dienone is 1. The van der Waals surface area contributed by atoms with Crippen LogP contribution >= 0.6 is 0 Å². The molecule has 0 atom stereocenters. The van der Waals surface area contributed by atoms with Gasteiger partial charge in [-0.3, -0.25) is 9.59 Å². The molecule has 1 rings (SSSR count). The Balaban J connectivity index is 3.33. The molecule has 0 saturated heterocycles. The molecular weight excluding hydrogens is 224 g/mol. The number of aromatic hydroxyl groups is 1. The molecule has 1 aromatic heterocycles. The maximum absolute atomic E-state index is 11.5. The largest absolute Gasteiger partial charge is 0.507 e. The lowest BCUT2D eigenvalue weighted by Gasteiger charge is -2.01. The van der Waals surface area contributed by atoms with Gasteiger partial charge in [0.15, 0.2) is 5.56 Å². The molecule has 0 spiro atoms. The summed E-state index contributed by atoms with van der Waals surface area (Å²) in [5, 5.41) is 9.55. The van der Waals surface area contributed by atoms with Crippen molar-refractivity contribution in [1.29, 1.82) is 0 Å². The van der Waals surface area contributed by atoms with Crippen molar-refractivity contribution in [1.82, 2.24) is 0 Å². The quantitative estimate of drug-likeness (QED) is 0.633. The molecule has 1 heterocycles. The van der Waals surface area contributed by atoms with Crippen molar-refractivity contribution in [3.8, 4) is 5.75 Å². The second-order valence-electron chi connectivity index (χ2n) is 3.30. The third-order valence-corrected chi connectivity index (χ3v) is 2.08. The van der Waals surface area contributed by atoms with E-state index in [4.69, 9.17) is 4.42 Å². The topological polar surface area (TPSA) is 84.6 Å². The fraction of sp³-hybridized carbons (Fsp3) is 0.250. The lowest BCUT2D eigenvalue weighted by molar-refractivity contribution is -0.114. The molecule has 0 aliphatic heterocycles. The standard InChI is InChI=1S/C12H12O5/c1-3-5-7-6-9(14)10(12(16)17-7)11(15)8(13)4-2/h3,5-6,14H,4H2,1-2H3. The summed E-state index contributed by atoms with van der Waals surface area (Å²) < 4.78 is 4.77. The fourth-order valence-electron chi connectivity index (χ4n) is 1.25. The van der Waals surface area contributed by atoms with Gasteiger partial charge in [-0.2, -0.15) is 0 Å². The van der Waals surface area contributed by atoms with Gasteiger partial charge < -0.3 is 9.52 Å². The number of Topliss-reactive ketones (excluding diaryl/α,β-unsaturated/α-hetero) is 2. The predicted octanol–water partition coefficient (Wildman–Crippen LogP) is 1.54. The highest BCUT2D eigenvalue weighted by Crippen LogP contribution is 2.17. The van der Waals surface area contributed by atoms with E-state index >= 15 is 0 Å². The van der Waals surface area contributed by atoms with Gasteiger partial charge in [0.05, 0.1) is 0 Å². The molecule has 17 heavy (non-hydrogen) atoms. The van der Waals surface area contributed by atoms with E-state index < -0.39 is 28.5 Å². The molecule has 0 bridgehead atoms. The van der Waals surface area contributed by atoms with Crippen LogP contribution in [0.3, 0.4) is 0 Å². The maximum atomic E-state index is 11.5. The normalized spacial score (nSPS) is 10.7. The average Bonchev–Trinajstić information content (AvgIpc) is 2.27. The minimum absolute atomic E-state index is 0.0334. The number of hydrogen-bond acceptors (Lipinski definition) is 5. The Kier molecular flexibility index (Phi) is 3.98. The first-order valence-electron chi connectivity index (χ1n) is 5.08.